The number of aromatic nitrogens is 1. The molecule has 3 aromatic rings. The lowest BCUT2D eigenvalue weighted by Gasteiger charge is -2.06. The van der Waals surface area contributed by atoms with E-state index in [1.54, 1.807) is 41.3 Å². The maximum atomic E-state index is 10.9. The van der Waals surface area contributed by atoms with E-state index in [9.17, 15) is 8.76 Å². The van der Waals surface area contributed by atoms with Crippen LogP contribution in [0.1, 0.15) is 5.56 Å². The Hall–Kier alpha value is -1.21. The van der Waals surface area contributed by atoms with Gasteiger partial charge in [0, 0.05) is 10.6 Å². The molecule has 0 radical (unpaired) electrons. The Labute approximate surface area is 127 Å². The van der Waals surface area contributed by atoms with Gasteiger partial charge in [0.05, 0.1) is 10.2 Å². The molecule has 0 N–H and O–H groups in total. The third-order valence-electron chi connectivity index (χ3n) is 2.73. The molecule has 1 unspecified atom stereocenters. The van der Waals surface area contributed by atoms with Crippen LogP contribution >= 0.6 is 23.1 Å². The average Bonchev–Trinajstić information content (AvgIpc) is 2.88. The van der Waals surface area contributed by atoms with Crippen molar-refractivity contribution in [2.45, 2.75) is 15.0 Å². The predicted molar refractivity (Wildman–Crippen MR) is 82.8 cm³/mol. The van der Waals surface area contributed by atoms with Crippen molar-refractivity contribution < 1.29 is 8.76 Å². The molecule has 0 aliphatic carbocycles. The predicted octanol–water partition coefficient (Wildman–Crippen LogP) is 3.83. The van der Waals surface area contributed by atoms with Crippen LogP contribution in [0.15, 0.2) is 57.8 Å². The van der Waals surface area contributed by atoms with Crippen LogP contribution in [0, 0.1) is 0 Å². The maximum Gasteiger partial charge on any atom is 0.151 e. The molecule has 1 aromatic heterocycles. The van der Waals surface area contributed by atoms with Gasteiger partial charge in [-0.3, -0.25) is 4.21 Å². The van der Waals surface area contributed by atoms with E-state index in [-0.39, 0.29) is 0 Å². The van der Waals surface area contributed by atoms with Gasteiger partial charge in [-0.05, 0) is 40.9 Å². The van der Waals surface area contributed by atoms with E-state index in [1.165, 1.54) is 4.70 Å². The number of hydrogen-bond donors (Lipinski definition) is 0. The summed E-state index contributed by atoms with van der Waals surface area (Å²) in [5, 5.41) is 0. The third-order valence-corrected chi connectivity index (χ3v) is 5.62. The van der Waals surface area contributed by atoms with Crippen molar-refractivity contribution in [3.63, 3.8) is 0 Å². The molecule has 3 rings (SSSR count). The van der Waals surface area contributed by atoms with Crippen molar-refractivity contribution in [3.8, 4) is 0 Å². The van der Waals surface area contributed by atoms with E-state index in [0.717, 1.165) is 15.4 Å². The molecule has 3 nitrogen and oxygen atoms in total. The molecule has 6 heteroatoms. The molecule has 0 aliphatic heterocycles. The second kappa shape index (κ2) is 6.05. The van der Waals surface area contributed by atoms with E-state index in [4.69, 9.17) is 0 Å². The van der Waals surface area contributed by atoms with Gasteiger partial charge in [0.2, 0.25) is 0 Å². The second-order valence-electron chi connectivity index (χ2n) is 4.12. The summed E-state index contributed by atoms with van der Waals surface area (Å²) in [6.45, 7) is 0. The molecule has 102 valence electrons. The number of rotatable bonds is 4. The Morgan fingerprint density at radius 1 is 1.20 bits per heavy atom. The Kier molecular flexibility index (Phi) is 4.16. The topological polar surface area (TPSA) is 53.0 Å². The largest absolute Gasteiger partial charge is 0.768 e. The van der Waals surface area contributed by atoms with Gasteiger partial charge in [-0.15, -0.1) is 11.3 Å². The Bertz CT molecular complexity index is 737. The fourth-order valence-electron chi connectivity index (χ4n) is 1.80. The normalized spacial score (nSPS) is 12.7. The third kappa shape index (κ3) is 3.09. The van der Waals surface area contributed by atoms with E-state index >= 15 is 0 Å². The molecule has 0 bridgehead atoms. The van der Waals surface area contributed by atoms with Crippen molar-refractivity contribution in [2.24, 2.45) is 0 Å². The lowest BCUT2D eigenvalue weighted by molar-refractivity contribution is 0.537. The SMILES string of the molecule is O=S([O-])c1cccc(CSc2nc3ccccc3s2)c1. The molecule has 0 fully saturated rings. The van der Waals surface area contributed by atoms with Crippen LogP contribution in [0.2, 0.25) is 0 Å². The van der Waals surface area contributed by atoms with E-state index in [0.29, 0.717) is 10.6 Å². The van der Waals surface area contributed by atoms with Crippen LogP contribution in [0.25, 0.3) is 10.2 Å². The second-order valence-corrected chi connectivity index (χ2v) is 7.31. The highest BCUT2D eigenvalue weighted by atomic mass is 32.2. The van der Waals surface area contributed by atoms with Gasteiger partial charge in [0.25, 0.3) is 0 Å². The molecule has 0 saturated heterocycles. The molecule has 0 saturated carbocycles. The first-order valence-electron chi connectivity index (χ1n) is 5.89. The molecule has 1 atom stereocenters. The van der Waals surface area contributed by atoms with E-state index in [2.05, 4.69) is 11.1 Å². The molecule has 1 heterocycles. The van der Waals surface area contributed by atoms with Gasteiger partial charge in [0.1, 0.15) is 0 Å². The molecule has 0 amide bonds. The monoisotopic (exact) mass is 320 g/mol. The van der Waals surface area contributed by atoms with Crippen LogP contribution in [-0.2, 0) is 16.8 Å². The number of thioether (sulfide) groups is 1. The lowest BCUT2D eigenvalue weighted by atomic mass is 10.2. The van der Waals surface area contributed by atoms with Crippen LogP contribution in [0.3, 0.4) is 0 Å². The highest BCUT2D eigenvalue weighted by Gasteiger charge is 2.04. The van der Waals surface area contributed by atoms with Crippen molar-refractivity contribution in [1.82, 2.24) is 4.98 Å². The maximum absolute atomic E-state index is 10.9. The highest BCUT2D eigenvalue weighted by molar-refractivity contribution is 8.00. The number of para-hydroxylation sites is 1. The number of benzene rings is 2. The van der Waals surface area contributed by atoms with E-state index in [1.807, 2.05) is 24.3 Å². The summed E-state index contributed by atoms with van der Waals surface area (Å²) < 4.78 is 24.0. The first kappa shape index (κ1) is 13.8. The molecule has 2 aromatic carbocycles. The van der Waals surface area contributed by atoms with Gasteiger partial charge >= 0.3 is 0 Å². The minimum absolute atomic E-state index is 0.326. The van der Waals surface area contributed by atoms with Gasteiger partial charge in [-0.25, -0.2) is 4.98 Å². The molecule has 0 aliphatic rings. The molecular weight excluding hydrogens is 310 g/mol. The zero-order valence-electron chi connectivity index (χ0n) is 10.3. The highest BCUT2D eigenvalue weighted by Crippen LogP contribution is 2.31. The van der Waals surface area contributed by atoms with Crippen molar-refractivity contribution in [2.75, 3.05) is 0 Å². The van der Waals surface area contributed by atoms with Crippen LogP contribution in [0.4, 0.5) is 0 Å². The minimum Gasteiger partial charge on any atom is -0.768 e. The molecular formula is C14H10NO2S3-. The smallest absolute Gasteiger partial charge is 0.151 e. The first-order valence-corrected chi connectivity index (χ1v) is 8.76. The quantitative estimate of drug-likeness (QED) is 0.541. The van der Waals surface area contributed by atoms with Crippen LogP contribution in [-0.4, -0.2) is 13.7 Å². The van der Waals surface area contributed by atoms with Gasteiger partial charge in [0.15, 0.2) is 4.34 Å². The fourth-order valence-corrected chi connectivity index (χ4v) is 4.25. The van der Waals surface area contributed by atoms with Gasteiger partial charge in [-0.1, -0.05) is 36.0 Å². The van der Waals surface area contributed by atoms with Crippen molar-refractivity contribution in [1.29, 1.82) is 0 Å². The average molecular weight is 320 g/mol. The Morgan fingerprint density at radius 3 is 2.85 bits per heavy atom. The summed E-state index contributed by atoms with van der Waals surface area (Å²) in [5.41, 5.74) is 1.99. The lowest BCUT2D eigenvalue weighted by Crippen LogP contribution is -1.90. The summed E-state index contributed by atoms with van der Waals surface area (Å²) in [7, 11) is 0. The minimum atomic E-state index is -2.17. The molecule has 0 spiro atoms. The van der Waals surface area contributed by atoms with E-state index < -0.39 is 11.1 Å². The summed E-state index contributed by atoms with van der Waals surface area (Å²) in [4.78, 5) is 4.87. The standard InChI is InChI=1S/C14H11NO2S3/c16-20(17)11-5-3-4-10(8-11)9-18-14-15-12-6-1-2-7-13(12)19-14/h1-8H,9H2,(H,16,17)/p-1. The number of hydrogen-bond acceptors (Lipinski definition) is 5. The molecule has 20 heavy (non-hydrogen) atoms. The zero-order chi connectivity index (χ0) is 13.9. The van der Waals surface area contributed by atoms with Gasteiger partial charge in [-0.2, -0.15) is 0 Å². The Morgan fingerprint density at radius 2 is 2.05 bits per heavy atom. The number of thiazole rings is 1. The van der Waals surface area contributed by atoms with Gasteiger partial charge < -0.3 is 4.55 Å². The first-order chi connectivity index (χ1) is 9.72. The summed E-state index contributed by atoms with van der Waals surface area (Å²) in [5.74, 6) is 0.713. The van der Waals surface area contributed by atoms with Crippen LogP contribution in [0.5, 0.6) is 0 Å². The summed E-state index contributed by atoms with van der Waals surface area (Å²) in [6.07, 6.45) is 0. The van der Waals surface area contributed by atoms with Crippen molar-refractivity contribution >= 4 is 44.4 Å². The van der Waals surface area contributed by atoms with Crippen molar-refractivity contribution in [3.05, 3.63) is 54.1 Å². The number of nitrogens with zero attached hydrogens (tertiary/aromatic N) is 1. The Balaban J connectivity index is 1.75. The van der Waals surface area contributed by atoms with Crippen LogP contribution < -0.4 is 0 Å². The summed E-state index contributed by atoms with van der Waals surface area (Å²) in [6, 6.07) is 15.0. The fraction of sp³-hybridized carbons (Fsp3) is 0.0714. The number of fused-ring (bicyclic) bond motifs is 1. The summed E-state index contributed by atoms with van der Waals surface area (Å²) >= 11 is 1.11. The zero-order valence-corrected chi connectivity index (χ0v) is 12.8.